The Morgan fingerprint density at radius 3 is 3.07 bits per heavy atom. The molecule has 1 fully saturated rings. The third kappa shape index (κ3) is 2.59. The maximum absolute atomic E-state index is 4.28. The lowest BCUT2D eigenvalue weighted by atomic mass is 10.1. The van der Waals surface area contributed by atoms with Gasteiger partial charge >= 0.3 is 0 Å². The molecule has 1 aliphatic carbocycles. The molecule has 1 heterocycles. The fourth-order valence-electron chi connectivity index (χ4n) is 2.54. The lowest BCUT2D eigenvalue weighted by Crippen LogP contribution is -2.29. The number of imidazole rings is 1. The minimum Gasteiger partial charge on any atom is -0.347 e. The molecule has 1 aromatic rings. The molecule has 0 spiro atoms. The minimum absolute atomic E-state index is 0.348. The Balaban J connectivity index is 1.83. The van der Waals surface area contributed by atoms with Crippen molar-refractivity contribution in [2.75, 3.05) is 0 Å². The van der Waals surface area contributed by atoms with Crippen LogP contribution in [0.3, 0.4) is 0 Å². The van der Waals surface area contributed by atoms with Crippen LogP contribution < -0.4 is 5.32 Å². The third-order valence-electron chi connectivity index (χ3n) is 3.53. The topological polar surface area (TPSA) is 40.7 Å². The van der Waals surface area contributed by atoms with Crippen molar-refractivity contribution in [2.45, 2.75) is 51.6 Å². The van der Waals surface area contributed by atoms with Gasteiger partial charge in [-0.3, -0.25) is 0 Å². The quantitative estimate of drug-likeness (QED) is 0.797. The second-order valence-corrected chi connectivity index (χ2v) is 4.65. The molecule has 3 nitrogen and oxygen atoms in total. The summed E-state index contributed by atoms with van der Waals surface area (Å²) >= 11 is 0. The highest BCUT2D eigenvalue weighted by Crippen LogP contribution is 2.29. The summed E-state index contributed by atoms with van der Waals surface area (Å²) in [5, 5.41) is 3.65. The first kappa shape index (κ1) is 10.7. The summed E-state index contributed by atoms with van der Waals surface area (Å²) in [6, 6.07) is 1.04. The van der Waals surface area contributed by atoms with Gasteiger partial charge in [-0.2, -0.15) is 0 Å². The monoisotopic (exact) mass is 207 g/mol. The van der Waals surface area contributed by atoms with Gasteiger partial charge in [0.25, 0.3) is 0 Å². The summed E-state index contributed by atoms with van der Waals surface area (Å²) in [5.41, 5.74) is 0. The predicted molar refractivity (Wildman–Crippen MR) is 61.6 cm³/mol. The molecular formula is C12H21N3. The van der Waals surface area contributed by atoms with Crippen LogP contribution in [-0.2, 0) is 0 Å². The highest BCUT2D eigenvalue weighted by Gasteiger charge is 2.24. The molecular weight excluding hydrogens is 186 g/mol. The molecule has 3 atom stereocenters. The molecule has 2 N–H and O–H groups in total. The van der Waals surface area contributed by atoms with Gasteiger partial charge in [0.15, 0.2) is 0 Å². The Morgan fingerprint density at radius 2 is 2.47 bits per heavy atom. The third-order valence-corrected chi connectivity index (χ3v) is 3.53. The molecule has 84 valence electrons. The highest BCUT2D eigenvalue weighted by atomic mass is 15.0. The largest absolute Gasteiger partial charge is 0.347 e. The molecule has 3 heteroatoms. The standard InChI is InChI=1S/C12H21N3/c1-3-10-4-5-11(8-10)15-9(2)12-13-6-7-14-12/h6-7,9-11,15H,3-5,8H2,1-2H3,(H,13,14). The zero-order chi connectivity index (χ0) is 10.7. The molecule has 0 saturated heterocycles. The van der Waals surface area contributed by atoms with E-state index in [9.17, 15) is 0 Å². The molecule has 0 aliphatic heterocycles. The molecule has 1 aromatic heterocycles. The van der Waals surface area contributed by atoms with Crippen molar-refractivity contribution in [1.82, 2.24) is 15.3 Å². The SMILES string of the molecule is CCC1CCC(NC(C)c2ncc[nH]2)C1. The van der Waals surface area contributed by atoms with Crippen molar-refractivity contribution in [2.24, 2.45) is 5.92 Å². The lowest BCUT2D eigenvalue weighted by Gasteiger charge is -2.17. The average Bonchev–Trinajstić information content (AvgIpc) is 2.87. The summed E-state index contributed by atoms with van der Waals surface area (Å²) in [4.78, 5) is 7.44. The lowest BCUT2D eigenvalue weighted by molar-refractivity contribution is 0.429. The van der Waals surface area contributed by atoms with E-state index in [-0.39, 0.29) is 0 Å². The van der Waals surface area contributed by atoms with E-state index in [1.807, 2.05) is 12.4 Å². The Hall–Kier alpha value is -0.830. The van der Waals surface area contributed by atoms with Crippen molar-refractivity contribution in [3.05, 3.63) is 18.2 Å². The van der Waals surface area contributed by atoms with Crippen LogP contribution in [0.2, 0.25) is 0 Å². The molecule has 15 heavy (non-hydrogen) atoms. The first-order valence-corrected chi connectivity index (χ1v) is 6.05. The Bertz CT molecular complexity index is 281. The van der Waals surface area contributed by atoms with Gasteiger partial charge in [-0.25, -0.2) is 4.98 Å². The van der Waals surface area contributed by atoms with Gasteiger partial charge in [-0.05, 0) is 32.1 Å². The summed E-state index contributed by atoms with van der Waals surface area (Å²) in [7, 11) is 0. The minimum atomic E-state index is 0.348. The van der Waals surface area contributed by atoms with Crippen molar-refractivity contribution < 1.29 is 0 Å². The number of hydrogen-bond acceptors (Lipinski definition) is 2. The zero-order valence-electron chi connectivity index (χ0n) is 9.66. The van der Waals surface area contributed by atoms with E-state index in [0.717, 1.165) is 11.7 Å². The smallest absolute Gasteiger partial charge is 0.122 e. The Morgan fingerprint density at radius 1 is 1.60 bits per heavy atom. The first-order valence-electron chi connectivity index (χ1n) is 6.05. The number of aromatic amines is 1. The fourth-order valence-corrected chi connectivity index (χ4v) is 2.54. The van der Waals surface area contributed by atoms with Gasteiger partial charge in [0.1, 0.15) is 5.82 Å². The molecule has 1 saturated carbocycles. The van der Waals surface area contributed by atoms with E-state index < -0.39 is 0 Å². The van der Waals surface area contributed by atoms with Gasteiger partial charge in [-0.1, -0.05) is 13.3 Å². The summed E-state index contributed by atoms with van der Waals surface area (Å²) in [6.07, 6.45) is 9.07. The van der Waals surface area contributed by atoms with E-state index in [4.69, 9.17) is 0 Å². The molecule has 0 amide bonds. The molecule has 1 aliphatic rings. The van der Waals surface area contributed by atoms with Gasteiger partial charge < -0.3 is 10.3 Å². The number of hydrogen-bond donors (Lipinski definition) is 2. The number of aromatic nitrogens is 2. The summed E-state index contributed by atoms with van der Waals surface area (Å²) in [6.45, 7) is 4.47. The van der Waals surface area contributed by atoms with Crippen LogP contribution in [0.15, 0.2) is 12.4 Å². The maximum atomic E-state index is 4.28. The van der Waals surface area contributed by atoms with Crippen LogP contribution in [0.1, 0.15) is 51.4 Å². The number of nitrogens with zero attached hydrogens (tertiary/aromatic N) is 1. The second-order valence-electron chi connectivity index (χ2n) is 4.65. The Labute approximate surface area is 91.7 Å². The van der Waals surface area contributed by atoms with E-state index in [2.05, 4.69) is 29.1 Å². The highest BCUT2D eigenvalue weighted by molar-refractivity contribution is 4.95. The van der Waals surface area contributed by atoms with Gasteiger partial charge in [0.2, 0.25) is 0 Å². The zero-order valence-corrected chi connectivity index (χ0v) is 9.66. The number of rotatable bonds is 4. The molecule has 2 rings (SSSR count). The molecule has 3 unspecified atom stereocenters. The Kier molecular flexibility index (Phi) is 3.41. The fraction of sp³-hybridized carbons (Fsp3) is 0.750. The van der Waals surface area contributed by atoms with Crippen LogP contribution in [0.5, 0.6) is 0 Å². The van der Waals surface area contributed by atoms with E-state index in [1.54, 1.807) is 0 Å². The van der Waals surface area contributed by atoms with Gasteiger partial charge in [0, 0.05) is 18.4 Å². The normalized spacial score (nSPS) is 28.1. The first-order chi connectivity index (χ1) is 7.29. The van der Waals surface area contributed by atoms with Crippen LogP contribution >= 0.6 is 0 Å². The van der Waals surface area contributed by atoms with Crippen LogP contribution in [0, 0.1) is 5.92 Å². The van der Waals surface area contributed by atoms with Crippen LogP contribution in [0.4, 0.5) is 0 Å². The maximum Gasteiger partial charge on any atom is 0.122 e. The van der Waals surface area contributed by atoms with Crippen molar-refractivity contribution >= 4 is 0 Å². The van der Waals surface area contributed by atoms with Crippen LogP contribution in [-0.4, -0.2) is 16.0 Å². The van der Waals surface area contributed by atoms with Crippen molar-refractivity contribution in [3.63, 3.8) is 0 Å². The predicted octanol–water partition coefficient (Wildman–Crippen LogP) is 2.64. The molecule has 0 radical (unpaired) electrons. The summed E-state index contributed by atoms with van der Waals surface area (Å²) in [5.74, 6) is 1.99. The van der Waals surface area contributed by atoms with E-state index in [1.165, 1.54) is 25.7 Å². The number of nitrogens with one attached hydrogen (secondary N) is 2. The van der Waals surface area contributed by atoms with E-state index in [0.29, 0.717) is 12.1 Å². The molecule has 0 aromatic carbocycles. The van der Waals surface area contributed by atoms with Crippen molar-refractivity contribution in [3.8, 4) is 0 Å². The second kappa shape index (κ2) is 4.79. The van der Waals surface area contributed by atoms with Gasteiger partial charge in [0.05, 0.1) is 6.04 Å². The van der Waals surface area contributed by atoms with Gasteiger partial charge in [-0.15, -0.1) is 0 Å². The summed E-state index contributed by atoms with van der Waals surface area (Å²) < 4.78 is 0. The van der Waals surface area contributed by atoms with Crippen LogP contribution in [0.25, 0.3) is 0 Å². The molecule has 0 bridgehead atoms. The number of H-pyrrole nitrogens is 1. The van der Waals surface area contributed by atoms with Crippen molar-refractivity contribution in [1.29, 1.82) is 0 Å². The van der Waals surface area contributed by atoms with E-state index >= 15 is 0 Å². The average molecular weight is 207 g/mol.